The highest BCUT2D eigenvalue weighted by atomic mass is 16.5. The van der Waals surface area contributed by atoms with E-state index in [9.17, 15) is 0 Å². The second kappa shape index (κ2) is 2.84. The van der Waals surface area contributed by atoms with Gasteiger partial charge in [0.25, 0.3) is 0 Å². The first kappa shape index (κ1) is 7.56. The Balaban J connectivity index is 2.41. The van der Waals surface area contributed by atoms with E-state index in [1.807, 2.05) is 24.4 Å². The highest BCUT2D eigenvalue weighted by molar-refractivity contribution is 5.97. The standard InChI is InChI=1S/C12H9NO/c1-2-4-11-9(3-1)5-6-10-7-13-8-14-12(10)11/h1-7H,8H2. The van der Waals surface area contributed by atoms with E-state index < -0.39 is 0 Å². The summed E-state index contributed by atoms with van der Waals surface area (Å²) in [5.74, 6) is 0.957. The lowest BCUT2D eigenvalue weighted by molar-refractivity contribution is 0.330. The van der Waals surface area contributed by atoms with Gasteiger partial charge in [-0.25, -0.2) is 0 Å². The molecule has 0 radical (unpaired) electrons. The van der Waals surface area contributed by atoms with Crippen LogP contribution in [0.15, 0.2) is 41.4 Å². The Morgan fingerprint density at radius 2 is 2.00 bits per heavy atom. The topological polar surface area (TPSA) is 21.6 Å². The Labute approximate surface area is 81.8 Å². The van der Waals surface area contributed by atoms with Crippen molar-refractivity contribution >= 4 is 17.0 Å². The molecule has 2 aromatic carbocycles. The van der Waals surface area contributed by atoms with E-state index >= 15 is 0 Å². The van der Waals surface area contributed by atoms with Crippen LogP contribution in [-0.2, 0) is 0 Å². The summed E-state index contributed by atoms with van der Waals surface area (Å²) in [6, 6.07) is 12.4. The monoisotopic (exact) mass is 183 g/mol. The molecule has 2 heteroatoms. The SMILES string of the molecule is C1=NCOc2c1ccc1ccccc21. The maximum atomic E-state index is 5.54. The zero-order valence-electron chi connectivity index (χ0n) is 7.60. The number of rotatable bonds is 0. The molecule has 1 aliphatic rings. The van der Waals surface area contributed by atoms with Crippen molar-refractivity contribution in [3.05, 3.63) is 42.0 Å². The molecule has 14 heavy (non-hydrogen) atoms. The first-order valence-electron chi connectivity index (χ1n) is 4.59. The fourth-order valence-electron chi connectivity index (χ4n) is 1.76. The molecular weight excluding hydrogens is 174 g/mol. The summed E-state index contributed by atoms with van der Waals surface area (Å²) < 4.78 is 5.54. The molecule has 0 spiro atoms. The Hall–Kier alpha value is -1.83. The Morgan fingerprint density at radius 3 is 3.00 bits per heavy atom. The molecule has 1 heterocycles. The Morgan fingerprint density at radius 1 is 1.07 bits per heavy atom. The van der Waals surface area contributed by atoms with Gasteiger partial charge in [0.05, 0.1) is 0 Å². The molecule has 0 atom stereocenters. The van der Waals surface area contributed by atoms with E-state index in [4.69, 9.17) is 4.74 Å². The molecule has 0 saturated heterocycles. The average molecular weight is 183 g/mol. The first-order chi connectivity index (χ1) is 6.95. The van der Waals surface area contributed by atoms with Crippen LogP contribution in [0, 0.1) is 0 Å². The van der Waals surface area contributed by atoms with E-state index in [-0.39, 0.29) is 0 Å². The van der Waals surface area contributed by atoms with Crippen LogP contribution in [0.5, 0.6) is 5.75 Å². The third-order valence-electron chi connectivity index (χ3n) is 2.42. The van der Waals surface area contributed by atoms with Crippen LogP contribution in [0.1, 0.15) is 5.56 Å². The zero-order chi connectivity index (χ0) is 9.38. The van der Waals surface area contributed by atoms with Crippen LogP contribution in [-0.4, -0.2) is 12.9 Å². The van der Waals surface area contributed by atoms with Crippen LogP contribution >= 0.6 is 0 Å². The summed E-state index contributed by atoms with van der Waals surface area (Å²) >= 11 is 0. The van der Waals surface area contributed by atoms with Gasteiger partial charge in [0, 0.05) is 17.2 Å². The average Bonchev–Trinajstić information content (AvgIpc) is 2.29. The van der Waals surface area contributed by atoms with Gasteiger partial charge in [-0.3, -0.25) is 4.99 Å². The molecule has 0 N–H and O–H groups in total. The van der Waals surface area contributed by atoms with Crippen molar-refractivity contribution < 1.29 is 4.74 Å². The largest absolute Gasteiger partial charge is 0.470 e. The molecular formula is C12H9NO. The number of ether oxygens (including phenoxy) is 1. The van der Waals surface area contributed by atoms with Crippen molar-refractivity contribution in [3.63, 3.8) is 0 Å². The Bertz CT molecular complexity index is 517. The molecule has 0 fully saturated rings. The number of hydrogen-bond donors (Lipinski definition) is 0. The summed E-state index contributed by atoms with van der Waals surface area (Å²) in [6.45, 7) is 0.432. The highest BCUT2D eigenvalue weighted by Gasteiger charge is 2.09. The van der Waals surface area contributed by atoms with Gasteiger partial charge < -0.3 is 4.74 Å². The fourth-order valence-corrected chi connectivity index (χ4v) is 1.76. The first-order valence-corrected chi connectivity index (χ1v) is 4.59. The van der Waals surface area contributed by atoms with Crippen molar-refractivity contribution in [2.75, 3.05) is 6.73 Å². The molecule has 2 nitrogen and oxygen atoms in total. The summed E-state index contributed by atoms with van der Waals surface area (Å²) in [6.07, 6.45) is 1.87. The molecule has 0 bridgehead atoms. The van der Waals surface area contributed by atoms with Crippen molar-refractivity contribution in [2.45, 2.75) is 0 Å². The quantitative estimate of drug-likeness (QED) is 0.615. The number of benzene rings is 2. The van der Waals surface area contributed by atoms with E-state index in [0.717, 1.165) is 16.7 Å². The van der Waals surface area contributed by atoms with Gasteiger partial charge in [-0.2, -0.15) is 0 Å². The maximum absolute atomic E-state index is 5.54. The lowest BCUT2D eigenvalue weighted by Crippen LogP contribution is -2.04. The zero-order valence-corrected chi connectivity index (χ0v) is 7.60. The minimum atomic E-state index is 0.432. The van der Waals surface area contributed by atoms with E-state index in [1.165, 1.54) is 5.39 Å². The van der Waals surface area contributed by atoms with Gasteiger partial charge in [0.2, 0.25) is 0 Å². The minimum absolute atomic E-state index is 0.432. The molecule has 0 amide bonds. The lowest BCUT2D eigenvalue weighted by atomic mass is 10.1. The van der Waals surface area contributed by atoms with E-state index in [1.54, 1.807) is 0 Å². The summed E-state index contributed by atoms with van der Waals surface area (Å²) in [4.78, 5) is 4.08. The summed E-state index contributed by atoms with van der Waals surface area (Å²) in [5, 5.41) is 2.37. The van der Waals surface area contributed by atoms with Crippen LogP contribution in [0.25, 0.3) is 10.8 Å². The van der Waals surface area contributed by atoms with Crippen molar-refractivity contribution in [3.8, 4) is 5.75 Å². The van der Waals surface area contributed by atoms with Crippen LogP contribution in [0.4, 0.5) is 0 Å². The van der Waals surface area contributed by atoms with Crippen LogP contribution in [0.2, 0.25) is 0 Å². The lowest BCUT2D eigenvalue weighted by Gasteiger charge is -2.13. The van der Waals surface area contributed by atoms with Crippen LogP contribution < -0.4 is 4.74 Å². The molecule has 2 aromatic rings. The van der Waals surface area contributed by atoms with Gasteiger partial charge in [0.1, 0.15) is 5.75 Å². The fraction of sp³-hybridized carbons (Fsp3) is 0.0833. The third kappa shape index (κ3) is 1.01. The highest BCUT2D eigenvalue weighted by Crippen LogP contribution is 2.30. The van der Waals surface area contributed by atoms with Crippen molar-refractivity contribution in [2.24, 2.45) is 4.99 Å². The molecule has 3 rings (SSSR count). The number of aliphatic imine (C=N–C) groups is 1. The molecule has 68 valence electrons. The van der Waals surface area contributed by atoms with E-state index in [0.29, 0.717) is 6.73 Å². The second-order valence-corrected chi connectivity index (χ2v) is 3.29. The molecule has 0 unspecified atom stereocenters. The predicted octanol–water partition coefficient (Wildman–Crippen LogP) is 2.61. The maximum Gasteiger partial charge on any atom is 0.179 e. The molecule has 0 saturated carbocycles. The van der Waals surface area contributed by atoms with E-state index in [2.05, 4.69) is 23.2 Å². The van der Waals surface area contributed by atoms with Gasteiger partial charge in [-0.1, -0.05) is 30.3 Å². The minimum Gasteiger partial charge on any atom is -0.470 e. The third-order valence-corrected chi connectivity index (χ3v) is 2.42. The van der Waals surface area contributed by atoms with Gasteiger partial charge in [-0.15, -0.1) is 0 Å². The summed E-state index contributed by atoms with van der Waals surface area (Å²) in [7, 11) is 0. The van der Waals surface area contributed by atoms with Crippen molar-refractivity contribution in [1.29, 1.82) is 0 Å². The van der Waals surface area contributed by atoms with Gasteiger partial charge >= 0.3 is 0 Å². The molecule has 0 aromatic heterocycles. The second-order valence-electron chi connectivity index (χ2n) is 3.29. The van der Waals surface area contributed by atoms with Crippen molar-refractivity contribution in [1.82, 2.24) is 0 Å². The summed E-state index contributed by atoms with van der Waals surface area (Å²) in [5.41, 5.74) is 1.06. The number of fused-ring (bicyclic) bond motifs is 3. The van der Waals surface area contributed by atoms with Gasteiger partial charge in [0.15, 0.2) is 6.73 Å². The van der Waals surface area contributed by atoms with Gasteiger partial charge in [-0.05, 0) is 11.5 Å². The Kier molecular flexibility index (Phi) is 1.53. The normalized spacial score (nSPS) is 13.7. The number of nitrogens with zero attached hydrogens (tertiary/aromatic N) is 1. The molecule has 1 aliphatic heterocycles. The molecule has 0 aliphatic carbocycles. The smallest absolute Gasteiger partial charge is 0.179 e. The van der Waals surface area contributed by atoms with Crippen LogP contribution in [0.3, 0.4) is 0 Å². The number of hydrogen-bond acceptors (Lipinski definition) is 2. The predicted molar refractivity (Wildman–Crippen MR) is 57.0 cm³/mol.